The number of hydrogen-bond donors (Lipinski definition) is 0. The molecule has 0 saturated carbocycles. The number of nitrogens with zero attached hydrogens (tertiary/aromatic N) is 1. The Morgan fingerprint density at radius 1 is 1.26 bits per heavy atom. The Kier molecular flexibility index (Phi) is 5.49. The molecule has 2 atom stereocenters. The molecule has 0 radical (unpaired) electrons. The summed E-state index contributed by atoms with van der Waals surface area (Å²) in [5.41, 5.74) is 0.337. The molecular weight excluding hydrogens is 234 g/mol. The van der Waals surface area contributed by atoms with Crippen molar-refractivity contribution in [2.45, 2.75) is 84.9 Å². The van der Waals surface area contributed by atoms with E-state index in [0.29, 0.717) is 5.92 Å². The average Bonchev–Trinajstić information content (AvgIpc) is 2.26. The molecule has 1 aliphatic rings. The topological polar surface area (TPSA) is 12.5 Å². The van der Waals surface area contributed by atoms with Crippen molar-refractivity contribution in [1.29, 1.82) is 0 Å². The first-order valence-electron chi connectivity index (χ1n) is 7.81. The minimum absolute atomic E-state index is 0.0792. The molecule has 1 aliphatic heterocycles. The second kappa shape index (κ2) is 6.30. The van der Waals surface area contributed by atoms with Crippen molar-refractivity contribution < 1.29 is 4.74 Å². The summed E-state index contributed by atoms with van der Waals surface area (Å²) in [6, 6.07) is 0. The second-order valence-corrected chi connectivity index (χ2v) is 7.18. The Bertz CT molecular complexity index is 306. The summed E-state index contributed by atoms with van der Waals surface area (Å²) < 4.78 is 6.04. The zero-order valence-corrected chi connectivity index (χ0v) is 14.0. The maximum Gasteiger partial charge on any atom is 0.118 e. The van der Waals surface area contributed by atoms with Gasteiger partial charge >= 0.3 is 0 Å². The van der Waals surface area contributed by atoms with E-state index in [1.54, 1.807) is 0 Å². The number of unbranched alkanes of at least 4 members (excludes halogenated alkanes) is 1. The summed E-state index contributed by atoms with van der Waals surface area (Å²) in [5, 5.41) is 0. The fourth-order valence-electron chi connectivity index (χ4n) is 4.01. The number of hydrogen-bond acceptors (Lipinski definition) is 2. The summed E-state index contributed by atoms with van der Waals surface area (Å²) >= 11 is 0. The largest absolute Gasteiger partial charge is 0.496 e. The highest BCUT2D eigenvalue weighted by molar-refractivity contribution is 5.05. The fraction of sp³-hybridized carbons (Fsp3) is 0.882. The van der Waals surface area contributed by atoms with Crippen molar-refractivity contribution in [3.05, 3.63) is 12.3 Å². The van der Waals surface area contributed by atoms with Crippen LogP contribution in [0, 0.1) is 5.92 Å². The molecule has 2 nitrogen and oxygen atoms in total. The highest BCUT2D eigenvalue weighted by Crippen LogP contribution is 2.43. The minimum atomic E-state index is 0.0792. The van der Waals surface area contributed by atoms with Crippen LogP contribution in [0.5, 0.6) is 0 Å². The lowest BCUT2D eigenvalue weighted by Gasteiger charge is -2.58. The maximum absolute atomic E-state index is 6.04. The molecule has 2 unspecified atom stereocenters. The van der Waals surface area contributed by atoms with Crippen LogP contribution in [0.4, 0.5) is 0 Å². The molecular formula is C17H33NO. The SMILES string of the molecule is CC=COC1C(C)CC(C)(C)N(CCCC)C1(C)C. The van der Waals surface area contributed by atoms with E-state index >= 15 is 0 Å². The van der Waals surface area contributed by atoms with Gasteiger partial charge in [0, 0.05) is 5.54 Å². The molecule has 19 heavy (non-hydrogen) atoms. The lowest BCUT2D eigenvalue weighted by Crippen LogP contribution is -2.67. The molecule has 2 heteroatoms. The zero-order valence-electron chi connectivity index (χ0n) is 14.0. The summed E-state index contributed by atoms with van der Waals surface area (Å²) in [6.45, 7) is 17.2. The van der Waals surface area contributed by atoms with E-state index in [4.69, 9.17) is 4.74 Å². The Morgan fingerprint density at radius 3 is 2.42 bits per heavy atom. The smallest absolute Gasteiger partial charge is 0.118 e. The molecule has 1 rings (SSSR count). The van der Waals surface area contributed by atoms with Crippen LogP contribution < -0.4 is 0 Å². The highest BCUT2D eigenvalue weighted by Gasteiger charge is 2.50. The first kappa shape index (κ1) is 16.6. The maximum atomic E-state index is 6.04. The van der Waals surface area contributed by atoms with Gasteiger partial charge < -0.3 is 4.74 Å². The molecule has 0 aliphatic carbocycles. The van der Waals surface area contributed by atoms with Gasteiger partial charge in [0.1, 0.15) is 6.10 Å². The summed E-state index contributed by atoms with van der Waals surface area (Å²) in [4.78, 5) is 2.66. The lowest BCUT2D eigenvalue weighted by molar-refractivity contribution is -0.135. The van der Waals surface area contributed by atoms with E-state index in [1.165, 1.54) is 25.8 Å². The third kappa shape index (κ3) is 3.53. The van der Waals surface area contributed by atoms with Crippen molar-refractivity contribution in [2.24, 2.45) is 5.92 Å². The lowest BCUT2D eigenvalue weighted by atomic mass is 9.72. The van der Waals surface area contributed by atoms with Crippen molar-refractivity contribution in [2.75, 3.05) is 6.54 Å². The van der Waals surface area contributed by atoms with E-state index in [2.05, 4.69) is 46.4 Å². The van der Waals surface area contributed by atoms with Crippen LogP contribution in [0.1, 0.15) is 67.7 Å². The molecule has 0 amide bonds. The van der Waals surface area contributed by atoms with Crippen LogP contribution >= 0.6 is 0 Å². The van der Waals surface area contributed by atoms with Gasteiger partial charge in [-0.2, -0.15) is 0 Å². The molecule has 0 bridgehead atoms. The average molecular weight is 267 g/mol. The molecule has 0 aromatic heterocycles. The van der Waals surface area contributed by atoms with Gasteiger partial charge in [0.15, 0.2) is 0 Å². The normalized spacial score (nSPS) is 30.7. The highest BCUT2D eigenvalue weighted by atomic mass is 16.5. The fourth-order valence-corrected chi connectivity index (χ4v) is 4.01. The first-order valence-corrected chi connectivity index (χ1v) is 7.81. The molecule has 0 aromatic rings. The van der Waals surface area contributed by atoms with E-state index in [0.717, 1.165) is 0 Å². The second-order valence-electron chi connectivity index (χ2n) is 7.18. The van der Waals surface area contributed by atoms with Gasteiger partial charge in [-0.05, 0) is 59.9 Å². The van der Waals surface area contributed by atoms with Crippen LogP contribution in [-0.4, -0.2) is 28.6 Å². The van der Waals surface area contributed by atoms with Gasteiger partial charge in [-0.25, -0.2) is 0 Å². The van der Waals surface area contributed by atoms with Gasteiger partial charge in [0.2, 0.25) is 0 Å². The Hall–Kier alpha value is -0.500. The van der Waals surface area contributed by atoms with Crippen molar-refractivity contribution >= 4 is 0 Å². The van der Waals surface area contributed by atoms with Crippen LogP contribution in [0.25, 0.3) is 0 Å². The van der Waals surface area contributed by atoms with Crippen molar-refractivity contribution in [3.63, 3.8) is 0 Å². The Balaban J connectivity index is 2.97. The number of likely N-dealkylation sites (tertiary alicyclic amines) is 1. The standard InChI is InChI=1S/C17H33NO/c1-8-10-11-18-16(4,5)13-14(3)15(17(18,6)7)19-12-9-2/h9,12,14-15H,8,10-11,13H2,1-7H3. The predicted molar refractivity (Wildman–Crippen MR) is 83.2 cm³/mol. The van der Waals surface area contributed by atoms with E-state index in [1.807, 2.05) is 19.3 Å². The summed E-state index contributed by atoms with van der Waals surface area (Å²) in [6.07, 6.45) is 7.82. The van der Waals surface area contributed by atoms with E-state index in [9.17, 15) is 0 Å². The monoisotopic (exact) mass is 267 g/mol. The van der Waals surface area contributed by atoms with Crippen LogP contribution in [0.2, 0.25) is 0 Å². The van der Waals surface area contributed by atoms with Gasteiger partial charge in [-0.1, -0.05) is 26.3 Å². The minimum Gasteiger partial charge on any atom is -0.496 e. The third-order valence-electron chi connectivity index (χ3n) is 4.56. The quantitative estimate of drug-likeness (QED) is 0.675. The summed E-state index contributed by atoms with van der Waals surface area (Å²) in [7, 11) is 0. The van der Waals surface area contributed by atoms with Gasteiger partial charge in [-0.3, -0.25) is 4.90 Å². The third-order valence-corrected chi connectivity index (χ3v) is 4.56. The molecule has 112 valence electrons. The van der Waals surface area contributed by atoms with Crippen molar-refractivity contribution in [1.82, 2.24) is 4.90 Å². The van der Waals surface area contributed by atoms with Crippen LogP contribution in [0.15, 0.2) is 12.3 Å². The molecule has 0 aromatic carbocycles. The van der Waals surface area contributed by atoms with Crippen LogP contribution in [0.3, 0.4) is 0 Å². The number of rotatable bonds is 5. The molecule has 0 spiro atoms. The van der Waals surface area contributed by atoms with E-state index < -0.39 is 0 Å². The molecule has 0 N–H and O–H groups in total. The zero-order chi connectivity index (χ0) is 14.7. The number of ether oxygens (including phenoxy) is 1. The first-order chi connectivity index (χ1) is 8.77. The predicted octanol–water partition coefficient (Wildman–Crippen LogP) is 4.60. The van der Waals surface area contributed by atoms with Crippen LogP contribution in [-0.2, 0) is 4.74 Å². The molecule has 1 heterocycles. The molecule has 1 saturated heterocycles. The number of piperidine rings is 1. The molecule has 1 fully saturated rings. The summed E-state index contributed by atoms with van der Waals surface area (Å²) in [5.74, 6) is 0.582. The Labute approximate surface area is 120 Å². The van der Waals surface area contributed by atoms with Gasteiger partial charge in [0.25, 0.3) is 0 Å². The van der Waals surface area contributed by atoms with Gasteiger partial charge in [-0.15, -0.1) is 0 Å². The number of allylic oxidation sites excluding steroid dienone is 1. The Morgan fingerprint density at radius 2 is 1.89 bits per heavy atom. The van der Waals surface area contributed by atoms with E-state index in [-0.39, 0.29) is 17.2 Å². The van der Waals surface area contributed by atoms with Crippen molar-refractivity contribution in [3.8, 4) is 0 Å². The van der Waals surface area contributed by atoms with Gasteiger partial charge in [0.05, 0.1) is 11.8 Å².